The Labute approximate surface area is 88.6 Å². The number of aromatic nitrogens is 4. The Morgan fingerprint density at radius 1 is 1.29 bits per heavy atom. The van der Waals surface area contributed by atoms with Crippen molar-refractivity contribution in [1.82, 2.24) is 19.7 Å². The van der Waals surface area contributed by atoms with E-state index < -0.39 is 0 Å². The zero-order valence-corrected chi connectivity index (χ0v) is 8.72. The zero-order valence-electron chi connectivity index (χ0n) is 7.13. The highest BCUT2D eigenvalue weighted by molar-refractivity contribution is 9.10. The van der Waals surface area contributed by atoms with Crippen LogP contribution in [0, 0.1) is 0 Å². The second-order valence-electron chi connectivity index (χ2n) is 2.63. The summed E-state index contributed by atoms with van der Waals surface area (Å²) in [6.07, 6.45) is 6.53. The molecule has 2 aromatic heterocycles. The van der Waals surface area contributed by atoms with Gasteiger partial charge in [-0.25, -0.2) is 9.67 Å². The van der Waals surface area contributed by atoms with Crippen molar-refractivity contribution in [2.45, 2.75) is 6.61 Å². The molecule has 0 fully saturated rings. The molecule has 0 radical (unpaired) electrons. The van der Waals surface area contributed by atoms with Crippen molar-refractivity contribution >= 4 is 15.9 Å². The first-order chi connectivity index (χ1) is 6.79. The molecule has 5 nitrogen and oxygen atoms in total. The molecule has 0 spiro atoms. The van der Waals surface area contributed by atoms with Gasteiger partial charge in [0.15, 0.2) is 5.82 Å². The maximum absolute atomic E-state index is 8.77. The summed E-state index contributed by atoms with van der Waals surface area (Å²) in [7, 11) is 0. The minimum Gasteiger partial charge on any atom is -0.390 e. The van der Waals surface area contributed by atoms with Gasteiger partial charge in [0.2, 0.25) is 0 Å². The number of aliphatic hydroxyl groups is 1. The highest BCUT2D eigenvalue weighted by Crippen LogP contribution is 2.09. The van der Waals surface area contributed by atoms with Gasteiger partial charge in [0, 0.05) is 6.20 Å². The molecule has 2 aromatic rings. The topological polar surface area (TPSA) is 63.8 Å². The molecule has 0 amide bonds. The summed E-state index contributed by atoms with van der Waals surface area (Å²) in [6.45, 7) is -0.101. The fourth-order valence-corrected chi connectivity index (χ4v) is 1.26. The van der Waals surface area contributed by atoms with Crippen molar-refractivity contribution < 1.29 is 5.11 Å². The quantitative estimate of drug-likeness (QED) is 0.866. The summed E-state index contributed by atoms with van der Waals surface area (Å²) in [6, 6.07) is 0. The van der Waals surface area contributed by atoms with Crippen molar-refractivity contribution in [2.24, 2.45) is 0 Å². The summed E-state index contributed by atoms with van der Waals surface area (Å²) in [4.78, 5) is 8.08. The van der Waals surface area contributed by atoms with Gasteiger partial charge in [-0.1, -0.05) is 0 Å². The Bertz CT molecular complexity index is 425. The number of halogens is 1. The van der Waals surface area contributed by atoms with Gasteiger partial charge < -0.3 is 5.11 Å². The Morgan fingerprint density at radius 2 is 2.14 bits per heavy atom. The Kier molecular flexibility index (Phi) is 2.55. The van der Waals surface area contributed by atoms with E-state index in [1.54, 1.807) is 23.3 Å². The molecule has 0 aliphatic heterocycles. The van der Waals surface area contributed by atoms with Gasteiger partial charge in [-0.2, -0.15) is 5.10 Å². The molecular formula is C8H7BrN4O. The van der Waals surface area contributed by atoms with Crippen LogP contribution in [0.1, 0.15) is 5.69 Å². The molecule has 2 rings (SSSR count). The largest absolute Gasteiger partial charge is 0.390 e. The highest BCUT2D eigenvalue weighted by atomic mass is 79.9. The first-order valence-electron chi connectivity index (χ1n) is 3.92. The monoisotopic (exact) mass is 254 g/mol. The lowest BCUT2D eigenvalue weighted by molar-refractivity contribution is 0.276. The third kappa shape index (κ3) is 1.80. The molecule has 0 aliphatic carbocycles. The predicted octanol–water partition coefficient (Wildman–Crippen LogP) is 0.917. The maximum atomic E-state index is 8.77. The Balaban J connectivity index is 2.33. The Morgan fingerprint density at radius 3 is 2.64 bits per heavy atom. The minimum absolute atomic E-state index is 0.101. The highest BCUT2D eigenvalue weighted by Gasteiger charge is 2.00. The van der Waals surface area contributed by atoms with Crippen LogP contribution >= 0.6 is 15.9 Å². The molecule has 72 valence electrons. The van der Waals surface area contributed by atoms with Gasteiger partial charge in [0.1, 0.15) is 0 Å². The van der Waals surface area contributed by atoms with Crippen LogP contribution < -0.4 is 0 Å². The normalized spacial score (nSPS) is 10.4. The number of aliphatic hydroxyl groups excluding tert-OH is 1. The lowest BCUT2D eigenvalue weighted by Gasteiger charge is -1.99. The van der Waals surface area contributed by atoms with E-state index in [-0.39, 0.29) is 6.61 Å². The average molecular weight is 255 g/mol. The van der Waals surface area contributed by atoms with Crippen molar-refractivity contribution in [3.8, 4) is 5.82 Å². The summed E-state index contributed by atoms with van der Waals surface area (Å²) < 4.78 is 2.48. The molecular weight excluding hydrogens is 248 g/mol. The van der Waals surface area contributed by atoms with Gasteiger partial charge in [0.05, 0.1) is 35.4 Å². The molecule has 0 saturated heterocycles. The van der Waals surface area contributed by atoms with Crippen molar-refractivity contribution in [1.29, 1.82) is 0 Å². The lowest BCUT2D eigenvalue weighted by Crippen LogP contribution is -2.00. The van der Waals surface area contributed by atoms with Crippen molar-refractivity contribution in [3.63, 3.8) is 0 Å². The van der Waals surface area contributed by atoms with E-state index in [2.05, 4.69) is 31.0 Å². The third-order valence-corrected chi connectivity index (χ3v) is 2.05. The maximum Gasteiger partial charge on any atom is 0.171 e. The van der Waals surface area contributed by atoms with Gasteiger partial charge in [-0.15, -0.1) is 0 Å². The van der Waals surface area contributed by atoms with Crippen LogP contribution in [-0.4, -0.2) is 24.9 Å². The summed E-state index contributed by atoms with van der Waals surface area (Å²) in [5.41, 5.74) is 0.542. The molecule has 14 heavy (non-hydrogen) atoms. The summed E-state index contributed by atoms with van der Waals surface area (Å²) in [5, 5.41) is 12.8. The number of nitrogens with zero attached hydrogens (tertiary/aromatic N) is 4. The van der Waals surface area contributed by atoms with E-state index in [4.69, 9.17) is 5.11 Å². The van der Waals surface area contributed by atoms with Crippen LogP contribution in [0.2, 0.25) is 0 Å². The fraction of sp³-hybridized carbons (Fsp3) is 0.125. The summed E-state index contributed by atoms with van der Waals surface area (Å²) in [5.74, 6) is 0.618. The first-order valence-corrected chi connectivity index (χ1v) is 4.71. The van der Waals surface area contributed by atoms with E-state index in [0.717, 1.165) is 4.47 Å². The van der Waals surface area contributed by atoms with E-state index in [0.29, 0.717) is 11.5 Å². The van der Waals surface area contributed by atoms with Gasteiger partial charge in [-0.05, 0) is 15.9 Å². The Hall–Kier alpha value is -1.27. The van der Waals surface area contributed by atoms with Crippen LogP contribution in [0.5, 0.6) is 0 Å². The smallest absolute Gasteiger partial charge is 0.171 e. The minimum atomic E-state index is -0.101. The molecule has 1 N–H and O–H groups in total. The van der Waals surface area contributed by atoms with E-state index >= 15 is 0 Å². The molecule has 0 unspecified atom stereocenters. The SMILES string of the molecule is OCc1cnc(-n2cc(Br)cn2)cn1. The lowest BCUT2D eigenvalue weighted by atomic mass is 10.5. The van der Waals surface area contributed by atoms with Gasteiger partial charge in [-0.3, -0.25) is 4.98 Å². The standard InChI is InChI=1S/C8H7BrN4O/c9-6-1-12-13(4-6)8-3-10-7(5-14)2-11-8/h1-4,14H,5H2. The molecule has 0 atom stereocenters. The van der Waals surface area contributed by atoms with Crippen LogP contribution in [0.15, 0.2) is 29.3 Å². The van der Waals surface area contributed by atoms with E-state index in [9.17, 15) is 0 Å². The number of hydrogen-bond acceptors (Lipinski definition) is 4. The van der Waals surface area contributed by atoms with Gasteiger partial charge >= 0.3 is 0 Å². The summed E-state index contributed by atoms with van der Waals surface area (Å²) >= 11 is 3.29. The van der Waals surface area contributed by atoms with Crippen LogP contribution in [0.25, 0.3) is 5.82 Å². The molecule has 0 aromatic carbocycles. The molecule has 2 heterocycles. The average Bonchev–Trinajstić information content (AvgIpc) is 2.65. The number of hydrogen-bond donors (Lipinski definition) is 1. The van der Waals surface area contributed by atoms with Crippen LogP contribution in [-0.2, 0) is 6.61 Å². The number of rotatable bonds is 2. The van der Waals surface area contributed by atoms with E-state index in [1.165, 1.54) is 6.20 Å². The molecule has 0 saturated carbocycles. The van der Waals surface area contributed by atoms with Gasteiger partial charge in [0.25, 0.3) is 0 Å². The molecule has 0 aliphatic rings. The second-order valence-corrected chi connectivity index (χ2v) is 3.54. The van der Waals surface area contributed by atoms with Crippen LogP contribution in [0.4, 0.5) is 0 Å². The predicted molar refractivity (Wildman–Crippen MR) is 52.8 cm³/mol. The third-order valence-electron chi connectivity index (χ3n) is 1.64. The second kappa shape index (κ2) is 3.85. The van der Waals surface area contributed by atoms with Crippen LogP contribution in [0.3, 0.4) is 0 Å². The first kappa shape index (κ1) is 9.29. The van der Waals surface area contributed by atoms with E-state index in [1.807, 2.05) is 0 Å². The van der Waals surface area contributed by atoms with Crippen molar-refractivity contribution in [2.75, 3.05) is 0 Å². The fourth-order valence-electron chi connectivity index (χ4n) is 0.974. The molecule has 0 bridgehead atoms. The zero-order chi connectivity index (χ0) is 9.97. The van der Waals surface area contributed by atoms with Crippen molar-refractivity contribution in [3.05, 3.63) is 35.0 Å². The molecule has 6 heteroatoms.